The van der Waals surface area contributed by atoms with Crippen LogP contribution in [-0.2, 0) is 25.7 Å². The summed E-state index contributed by atoms with van der Waals surface area (Å²) in [4.78, 5) is 0. The topological polar surface area (TPSA) is 0 Å². The fourth-order valence-corrected chi connectivity index (χ4v) is 9.57. The normalized spacial score (nSPS) is 15.4. The van der Waals surface area contributed by atoms with Crippen molar-refractivity contribution in [2.24, 2.45) is 5.92 Å². The highest BCUT2D eigenvalue weighted by Crippen LogP contribution is 2.38. The van der Waals surface area contributed by atoms with Crippen LogP contribution in [0.5, 0.6) is 0 Å². The maximum absolute atomic E-state index is 2.56. The first kappa shape index (κ1) is 34.2. The van der Waals surface area contributed by atoms with Gasteiger partial charge >= 0.3 is 0 Å². The smallest absolute Gasteiger partial charge is 0.0727 e. The lowest BCUT2D eigenvalue weighted by Crippen LogP contribution is -2.23. The minimum atomic E-state index is -0.657. The van der Waals surface area contributed by atoms with E-state index in [2.05, 4.69) is 110 Å². The predicted octanol–water partition coefficient (Wildman–Crippen LogP) is 11.4. The van der Waals surface area contributed by atoms with Crippen LogP contribution in [0.4, 0.5) is 0 Å². The highest BCUT2D eigenvalue weighted by atomic mass is 28.2. The molecule has 0 aromatic heterocycles. The molecule has 3 aromatic rings. The second-order valence-electron chi connectivity index (χ2n) is 13.7. The average molecular weight is 605 g/mol. The first-order chi connectivity index (χ1) is 21.3. The van der Waals surface area contributed by atoms with Gasteiger partial charge in [-0.1, -0.05) is 136 Å². The summed E-state index contributed by atoms with van der Waals surface area (Å²) in [5, 5.41) is 3.36. The third kappa shape index (κ3) is 8.33. The molecule has 0 nitrogen and oxygen atoms in total. The molecule has 3 aromatic carbocycles. The summed E-state index contributed by atoms with van der Waals surface area (Å²) in [5.41, 5.74) is 16.6. The van der Waals surface area contributed by atoms with Crippen LogP contribution in [0.25, 0.3) is 22.3 Å². The lowest BCUT2D eigenvalue weighted by Gasteiger charge is -2.21. The van der Waals surface area contributed by atoms with Crippen molar-refractivity contribution >= 4 is 14.7 Å². The first-order valence-corrected chi connectivity index (χ1v) is 19.5. The van der Waals surface area contributed by atoms with Gasteiger partial charge in [0.1, 0.15) is 0 Å². The molecule has 1 aliphatic rings. The second kappa shape index (κ2) is 16.6. The van der Waals surface area contributed by atoms with Gasteiger partial charge in [0, 0.05) is 0 Å². The van der Waals surface area contributed by atoms with Crippen molar-refractivity contribution in [3.63, 3.8) is 0 Å². The standard InChI is InChI=1S/C43H60Si/c1-9-13-18-34-24-35(19-14-10-2)27-38(26-34)40-22-17-23-41(44-43-32(7)30(5)31(6)33(43)8)42(40)39-28-36(20-15-11-3)25-37(29-39)21-16-12-4/h17,22-29,32H,9-16,18-21,44H2,1-8H3. The van der Waals surface area contributed by atoms with Gasteiger partial charge in [0.15, 0.2) is 0 Å². The van der Waals surface area contributed by atoms with Gasteiger partial charge in [-0.15, -0.1) is 0 Å². The second-order valence-corrected chi connectivity index (χ2v) is 15.6. The van der Waals surface area contributed by atoms with Crippen molar-refractivity contribution < 1.29 is 0 Å². The van der Waals surface area contributed by atoms with Crippen LogP contribution in [0.3, 0.4) is 0 Å². The summed E-state index contributed by atoms with van der Waals surface area (Å²) >= 11 is 0. The largest absolute Gasteiger partial charge is 0.0843 e. The quantitative estimate of drug-likeness (QED) is 0.143. The Kier molecular flexibility index (Phi) is 12.9. The van der Waals surface area contributed by atoms with E-state index in [0.717, 1.165) is 0 Å². The molecule has 0 amide bonds. The van der Waals surface area contributed by atoms with Crippen molar-refractivity contribution in [1.29, 1.82) is 0 Å². The number of allylic oxidation sites excluding steroid dienone is 4. The number of hydrogen-bond acceptors (Lipinski definition) is 0. The molecule has 0 aliphatic heterocycles. The van der Waals surface area contributed by atoms with E-state index in [-0.39, 0.29) is 0 Å². The number of aryl methyl sites for hydroxylation is 4. The Morgan fingerprint density at radius 3 is 1.43 bits per heavy atom. The van der Waals surface area contributed by atoms with E-state index in [1.54, 1.807) is 21.5 Å². The molecule has 0 radical (unpaired) electrons. The molecule has 0 saturated carbocycles. The van der Waals surface area contributed by atoms with E-state index < -0.39 is 9.52 Å². The van der Waals surface area contributed by atoms with Gasteiger partial charge in [-0.3, -0.25) is 0 Å². The van der Waals surface area contributed by atoms with Crippen LogP contribution < -0.4 is 5.19 Å². The number of rotatable bonds is 16. The van der Waals surface area contributed by atoms with Gasteiger partial charge in [0.2, 0.25) is 0 Å². The zero-order valence-electron chi connectivity index (χ0n) is 29.5. The van der Waals surface area contributed by atoms with Crippen LogP contribution in [-0.4, -0.2) is 9.52 Å². The molecule has 0 spiro atoms. The van der Waals surface area contributed by atoms with Crippen molar-refractivity contribution in [2.45, 2.75) is 132 Å². The van der Waals surface area contributed by atoms with Crippen LogP contribution in [0.15, 0.2) is 76.5 Å². The first-order valence-electron chi connectivity index (χ1n) is 18.1. The summed E-state index contributed by atoms with van der Waals surface area (Å²) in [6.07, 6.45) is 14.7. The fraction of sp³-hybridized carbons (Fsp3) is 0.488. The average Bonchev–Trinajstić information content (AvgIpc) is 3.22. The van der Waals surface area contributed by atoms with Crippen LogP contribution in [0.1, 0.15) is 129 Å². The lowest BCUT2D eigenvalue weighted by molar-refractivity contribution is 0.780. The van der Waals surface area contributed by atoms with Gasteiger partial charge in [-0.05, 0) is 128 Å². The molecule has 44 heavy (non-hydrogen) atoms. The van der Waals surface area contributed by atoms with Crippen molar-refractivity contribution in [2.75, 3.05) is 0 Å². The van der Waals surface area contributed by atoms with Crippen molar-refractivity contribution in [3.05, 3.63) is 98.8 Å². The van der Waals surface area contributed by atoms with Crippen molar-refractivity contribution in [3.8, 4) is 22.3 Å². The van der Waals surface area contributed by atoms with Crippen LogP contribution in [0.2, 0.25) is 0 Å². The van der Waals surface area contributed by atoms with E-state index in [1.807, 2.05) is 0 Å². The van der Waals surface area contributed by atoms with Gasteiger partial charge in [0.05, 0.1) is 9.52 Å². The Morgan fingerprint density at radius 1 is 0.568 bits per heavy atom. The van der Waals surface area contributed by atoms with Gasteiger partial charge in [-0.2, -0.15) is 0 Å². The van der Waals surface area contributed by atoms with E-state index in [1.165, 1.54) is 127 Å². The summed E-state index contributed by atoms with van der Waals surface area (Å²) in [7, 11) is -0.657. The summed E-state index contributed by atoms with van der Waals surface area (Å²) < 4.78 is 0. The van der Waals surface area contributed by atoms with Gasteiger partial charge in [-0.25, -0.2) is 0 Å². The zero-order chi connectivity index (χ0) is 31.6. The molecule has 236 valence electrons. The third-order valence-electron chi connectivity index (χ3n) is 10.3. The molecule has 4 rings (SSSR count). The Hall–Kier alpha value is -2.64. The zero-order valence-corrected chi connectivity index (χ0v) is 30.9. The SMILES string of the molecule is CCCCc1cc(CCCC)cc(-c2cccc([SiH2]C3=C(C)C(C)=C(C)C3C)c2-c2cc(CCCC)cc(CCCC)c2)c1. The summed E-state index contributed by atoms with van der Waals surface area (Å²) in [5.74, 6) is 0.576. The van der Waals surface area contributed by atoms with Crippen molar-refractivity contribution in [1.82, 2.24) is 0 Å². The summed E-state index contributed by atoms with van der Waals surface area (Å²) in [6.45, 7) is 18.8. The fourth-order valence-electron chi connectivity index (χ4n) is 7.19. The third-order valence-corrected chi connectivity index (χ3v) is 12.8. The molecule has 0 N–H and O–H groups in total. The van der Waals surface area contributed by atoms with E-state index in [0.29, 0.717) is 5.92 Å². The number of unbranched alkanes of at least 4 members (excludes halogenated alkanes) is 4. The maximum atomic E-state index is 2.56. The minimum Gasteiger partial charge on any atom is -0.0727 e. The molecule has 1 heteroatoms. The molecule has 1 unspecified atom stereocenters. The monoisotopic (exact) mass is 604 g/mol. The Bertz CT molecular complexity index is 1410. The Morgan fingerprint density at radius 2 is 1.02 bits per heavy atom. The number of benzene rings is 3. The molecule has 0 bridgehead atoms. The molecule has 1 aliphatic carbocycles. The molecular weight excluding hydrogens is 545 g/mol. The molecule has 0 heterocycles. The highest BCUT2D eigenvalue weighted by Gasteiger charge is 2.25. The predicted molar refractivity (Wildman–Crippen MR) is 200 cm³/mol. The molecule has 0 saturated heterocycles. The summed E-state index contributed by atoms with van der Waals surface area (Å²) in [6, 6.07) is 22.5. The van der Waals surface area contributed by atoms with E-state index >= 15 is 0 Å². The number of hydrogen-bond donors (Lipinski definition) is 0. The Labute approximate surface area is 273 Å². The van der Waals surface area contributed by atoms with Gasteiger partial charge in [0.25, 0.3) is 0 Å². The maximum Gasteiger partial charge on any atom is 0.0843 e. The molecular formula is C43H60Si. The Balaban J connectivity index is 1.95. The van der Waals surface area contributed by atoms with E-state index in [4.69, 9.17) is 0 Å². The van der Waals surface area contributed by atoms with E-state index in [9.17, 15) is 0 Å². The van der Waals surface area contributed by atoms with Crippen LogP contribution >= 0.6 is 0 Å². The lowest BCUT2D eigenvalue weighted by atomic mass is 9.88. The minimum absolute atomic E-state index is 0.576. The van der Waals surface area contributed by atoms with Gasteiger partial charge < -0.3 is 0 Å². The molecule has 1 atom stereocenters. The van der Waals surface area contributed by atoms with Crippen LogP contribution in [0, 0.1) is 5.92 Å². The highest BCUT2D eigenvalue weighted by molar-refractivity contribution is 6.63. The molecule has 0 fully saturated rings.